The SMILES string of the molecule is CC(C)c1oc(-c2ccc(F)cc2)nc1C1NNNC1C#N. The third kappa shape index (κ3) is 2.60. The molecule has 1 aliphatic rings. The molecule has 0 saturated carbocycles. The van der Waals surface area contributed by atoms with Crippen molar-refractivity contribution in [3.8, 4) is 17.5 Å². The van der Waals surface area contributed by atoms with E-state index in [1.165, 1.54) is 12.1 Å². The number of rotatable bonds is 3. The van der Waals surface area contributed by atoms with Crippen LogP contribution in [-0.2, 0) is 0 Å². The van der Waals surface area contributed by atoms with Gasteiger partial charge in [0.15, 0.2) is 0 Å². The summed E-state index contributed by atoms with van der Waals surface area (Å²) in [6, 6.07) is 7.36. The number of hydrazine groups is 2. The predicted octanol–water partition coefficient (Wildman–Crippen LogP) is 2.15. The fourth-order valence-corrected chi connectivity index (χ4v) is 2.39. The van der Waals surface area contributed by atoms with Gasteiger partial charge < -0.3 is 4.42 Å². The Morgan fingerprint density at radius 1 is 1.27 bits per heavy atom. The zero-order valence-electron chi connectivity index (χ0n) is 12.2. The number of oxazole rings is 1. The van der Waals surface area contributed by atoms with Crippen LogP contribution in [0.4, 0.5) is 4.39 Å². The second-order valence-electron chi connectivity index (χ2n) is 5.43. The van der Waals surface area contributed by atoms with Gasteiger partial charge in [0.2, 0.25) is 5.89 Å². The van der Waals surface area contributed by atoms with Crippen molar-refractivity contribution in [3.05, 3.63) is 41.5 Å². The number of nitrogens with zero attached hydrogens (tertiary/aromatic N) is 2. The van der Waals surface area contributed by atoms with Crippen LogP contribution in [0.2, 0.25) is 0 Å². The molecule has 1 saturated heterocycles. The van der Waals surface area contributed by atoms with Crippen LogP contribution in [0.5, 0.6) is 0 Å². The lowest BCUT2D eigenvalue weighted by Gasteiger charge is -2.11. The van der Waals surface area contributed by atoms with Crippen molar-refractivity contribution in [2.24, 2.45) is 0 Å². The highest BCUT2D eigenvalue weighted by molar-refractivity contribution is 5.54. The lowest BCUT2D eigenvalue weighted by molar-refractivity contribution is 0.476. The van der Waals surface area contributed by atoms with Crippen LogP contribution in [-0.4, -0.2) is 11.0 Å². The maximum atomic E-state index is 13.0. The standard InChI is InChI=1S/C15H16FN5O/c1-8(2)14-13(12-11(7-17)19-21-20-12)18-15(22-14)9-3-5-10(16)6-4-9/h3-6,8,11-12,19-21H,1-2H3. The van der Waals surface area contributed by atoms with E-state index in [0.717, 1.165) is 0 Å². The van der Waals surface area contributed by atoms with Crippen LogP contribution < -0.4 is 16.4 Å². The van der Waals surface area contributed by atoms with E-state index >= 15 is 0 Å². The highest BCUT2D eigenvalue weighted by Gasteiger charge is 2.34. The molecule has 2 unspecified atom stereocenters. The van der Waals surface area contributed by atoms with Crippen molar-refractivity contribution in [3.63, 3.8) is 0 Å². The zero-order chi connectivity index (χ0) is 15.7. The lowest BCUT2D eigenvalue weighted by Crippen LogP contribution is -2.32. The molecule has 1 fully saturated rings. The van der Waals surface area contributed by atoms with Crippen molar-refractivity contribution < 1.29 is 8.81 Å². The summed E-state index contributed by atoms with van der Waals surface area (Å²) in [5.74, 6) is 0.931. The molecule has 7 heteroatoms. The number of hydrogen-bond donors (Lipinski definition) is 3. The second kappa shape index (κ2) is 5.85. The molecular formula is C15H16FN5O. The number of nitriles is 1. The van der Waals surface area contributed by atoms with Gasteiger partial charge in [0, 0.05) is 11.5 Å². The van der Waals surface area contributed by atoms with Crippen LogP contribution in [0, 0.1) is 17.1 Å². The Hall–Kier alpha value is -2.27. The minimum atomic E-state index is -0.455. The first-order valence-electron chi connectivity index (χ1n) is 7.02. The van der Waals surface area contributed by atoms with Gasteiger partial charge in [0.1, 0.15) is 23.3 Å². The van der Waals surface area contributed by atoms with Crippen molar-refractivity contribution in [1.82, 2.24) is 21.4 Å². The van der Waals surface area contributed by atoms with Crippen molar-refractivity contribution in [1.29, 1.82) is 5.26 Å². The molecule has 3 N–H and O–H groups in total. The Balaban J connectivity index is 2.03. The van der Waals surface area contributed by atoms with E-state index in [4.69, 9.17) is 4.42 Å². The molecule has 0 radical (unpaired) electrons. The molecule has 3 rings (SSSR count). The lowest BCUT2D eigenvalue weighted by atomic mass is 10.0. The molecule has 114 valence electrons. The van der Waals surface area contributed by atoms with E-state index in [1.54, 1.807) is 12.1 Å². The average molecular weight is 301 g/mol. The van der Waals surface area contributed by atoms with Crippen LogP contribution in [0.15, 0.2) is 28.7 Å². The second-order valence-corrected chi connectivity index (χ2v) is 5.43. The summed E-state index contributed by atoms with van der Waals surface area (Å²) in [6.45, 7) is 3.99. The van der Waals surface area contributed by atoms with Crippen molar-refractivity contribution >= 4 is 0 Å². The van der Waals surface area contributed by atoms with Gasteiger partial charge in [-0.05, 0) is 24.3 Å². The molecule has 2 atom stereocenters. The van der Waals surface area contributed by atoms with Crippen molar-refractivity contribution in [2.45, 2.75) is 31.8 Å². The molecule has 1 aromatic carbocycles. The highest BCUT2D eigenvalue weighted by Crippen LogP contribution is 2.32. The first-order valence-corrected chi connectivity index (χ1v) is 7.02. The maximum absolute atomic E-state index is 13.0. The Bertz CT molecular complexity index is 704. The van der Waals surface area contributed by atoms with E-state index < -0.39 is 6.04 Å². The van der Waals surface area contributed by atoms with Crippen LogP contribution in [0.25, 0.3) is 11.5 Å². The van der Waals surface area contributed by atoms with Crippen LogP contribution in [0.3, 0.4) is 0 Å². The number of halogens is 1. The molecule has 2 heterocycles. The number of benzene rings is 1. The van der Waals surface area contributed by atoms with Gasteiger partial charge in [-0.3, -0.25) is 0 Å². The van der Waals surface area contributed by atoms with E-state index in [2.05, 4.69) is 27.4 Å². The summed E-state index contributed by atoms with van der Waals surface area (Å²) in [5.41, 5.74) is 9.92. The first kappa shape index (κ1) is 14.7. The van der Waals surface area contributed by atoms with E-state index in [1.807, 2.05) is 13.8 Å². The summed E-state index contributed by atoms with van der Waals surface area (Å²) in [4.78, 5) is 4.53. The summed E-state index contributed by atoms with van der Waals surface area (Å²) in [5, 5.41) is 9.19. The van der Waals surface area contributed by atoms with Gasteiger partial charge >= 0.3 is 0 Å². The summed E-state index contributed by atoms with van der Waals surface area (Å²) in [7, 11) is 0. The molecule has 0 amide bonds. The third-order valence-corrected chi connectivity index (χ3v) is 3.52. The number of hydrogen-bond acceptors (Lipinski definition) is 6. The molecule has 6 nitrogen and oxygen atoms in total. The molecule has 1 aromatic heterocycles. The highest BCUT2D eigenvalue weighted by atomic mass is 19.1. The largest absolute Gasteiger partial charge is 0.441 e. The fraction of sp³-hybridized carbons (Fsp3) is 0.333. The Morgan fingerprint density at radius 3 is 2.64 bits per heavy atom. The van der Waals surface area contributed by atoms with Gasteiger partial charge in [-0.15, -0.1) is 0 Å². The zero-order valence-corrected chi connectivity index (χ0v) is 12.2. The van der Waals surface area contributed by atoms with Crippen molar-refractivity contribution in [2.75, 3.05) is 0 Å². The molecule has 1 aliphatic heterocycles. The fourth-order valence-electron chi connectivity index (χ4n) is 2.39. The smallest absolute Gasteiger partial charge is 0.226 e. The quantitative estimate of drug-likeness (QED) is 0.805. The Kier molecular flexibility index (Phi) is 3.90. The minimum absolute atomic E-state index is 0.110. The molecule has 2 aromatic rings. The van der Waals surface area contributed by atoms with Gasteiger partial charge in [-0.2, -0.15) is 10.8 Å². The van der Waals surface area contributed by atoms with Gasteiger partial charge in [-0.1, -0.05) is 13.8 Å². The predicted molar refractivity (Wildman–Crippen MR) is 77.5 cm³/mol. The average Bonchev–Trinajstić information content (AvgIpc) is 3.14. The molecular weight excluding hydrogens is 285 g/mol. The normalized spacial score (nSPS) is 21.2. The van der Waals surface area contributed by atoms with E-state index in [0.29, 0.717) is 22.9 Å². The molecule has 0 bridgehead atoms. The monoisotopic (exact) mass is 301 g/mol. The van der Waals surface area contributed by atoms with E-state index in [-0.39, 0.29) is 17.8 Å². The first-order chi connectivity index (χ1) is 10.6. The maximum Gasteiger partial charge on any atom is 0.226 e. The number of aromatic nitrogens is 1. The third-order valence-electron chi connectivity index (χ3n) is 3.52. The van der Waals surface area contributed by atoms with Gasteiger partial charge in [0.25, 0.3) is 0 Å². The number of nitrogens with one attached hydrogen (secondary N) is 3. The summed E-state index contributed by atoms with van der Waals surface area (Å²) < 4.78 is 18.9. The minimum Gasteiger partial charge on any atom is -0.441 e. The van der Waals surface area contributed by atoms with Gasteiger partial charge in [0.05, 0.1) is 12.1 Å². The van der Waals surface area contributed by atoms with E-state index in [9.17, 15) is 9.65 Å². The molecule has 0 spiro atoms. The Labute approximate surface area is 127 Å². The van der Waals surface area contributed by atoms with Crippen LogP contribution >= 0.6 is 0 Å². The molecule has 0 aliphatic carbocycles. The molecule has 22 heavy (non-hydrogen) atoms. The Morgan fingerprint density at radius 2 is 2.00 bits per heavy atom. The van der Waals surface area contributed by atoms with Crippen LogP contribution in [0.1, 0.15) is 37.3 Å². The topological polar surface area (TPSA) is 85.9 Å². The summed E-state index contributed by atoms with van der Waals surface area (Å²) in [6.07, 6.45) is 0. The van der Waals surface area contributed by atoms with Gasteiger partial charge in [-0.25, -0.2) is 20.2 Å². The summed E-state index contributed by atoms with van der Waals surface area (Å²) >= 11 is 0.